The largest absolute Gasteiger partial charge is 0.203 e. The van der Waals surface area contributed by atoms with Gasteiger partial charge in [-0.2, -0.15) is 0 Å². The first kappa shape index (κ1) is 26.5. The lowest BCUT2D eigenvalue weighted by molar-refractivity contribution is 0.437. The van der Waals surface area contributed by atoms with Crippen molar-refractivity contribution in [2.75, 3.05) is 0 Å². The van der Waals surface area contributed by atoms with Crippen molar-refractivity contribution in [1.29, 1.82) is 0 Å². The van der Waals surface area contributed by atoms with Gasteiger partial charge in [0.25, 0.3) is 0 Å². The Hall–Kier alpha value is -0.120. The Morgan fingerprint density at radius 1 is 0.250 bits per heavy atom. The fourth-order valence-corrected chi connectivity index (χ4v) is 6.86. The van der Waals surface area contributed by atoms with Gasteiger partial charge in [-0.1, -0.05) is 0 Å². The number of hydrogen-bond donors (Lipinski definition) is 0. The average molecular weight is 914 g/mol. The Bertz CT molecular complexity index is 1140. The van der Waals surface area contributed by atoms with E-state index in [1.165, 1.54) is 0 Å². The zero-order valence-corrected chi connectivity index (χ0v) is 22.9. The van der Waals surface area contributed by atoms with Crippen molar-refractivity contribution in [3.8, 4) is 22.3 Å². The molecule has 0 fully saturated rings. The summed E-state index contributed by atoms with van der Waals surface area (Å²) in [4.78, 5) is 0. The van der Waals surface area contributed by atoms with E-state index in [0.717, 1.165) is 90.4 Å². The van der Waals surface area contributed by atoms with Crippen LogP contribution in [-0.4, -0.2) is 0 Å². The highest BCUT2D eigenvalue weighted by Crippen LogP contribution is 2.44. The third kappa shape index (κ3) is 3.91. The van der Waals surface area contributed by atoms with Gasteiger partial charge >= 0.3 is 0 Å². The molecule has 14 heteroatoms. The van der Waals surface area contributed by atoms with E-state index in [2.05, 4.69) is 0 Å². The molecule has 0 heterocycles. The van der Waals surface area contributed by atoms with Crippen LogP contribution < -0.4 is 0 Å². The SMILES string of the molecule is Fc1c(F)c(I)c(-c2c(F)c(F)c(-c3c(I)c(F)c(F)c(F)c3I)c(F)c2F)c(I)c1F. The van der Waals surface area contributed by atoms with Crippen LogP contribution in [0.25, 0.3) is 22.3 Å². The monoisotopic (exact) mass is 914 g/mol. The fourth-order valence-electron chi connectivity index (χ4n) is 2.72. The van der Waals surface area contributed by atoms with Gasteiger partial charge in [0.1, 0.15) is 0 Å². The first-order chi connectivity index (χ1) is 14.7. The second kappa shape index (κ2) is 9.50. The third-order valence-corrected chi connectivity index (χ3v) is 8.23. The van der Waals surface area contributed by atoms with Gasteiger partial charge in [-0.15, -0.1) is 0 Å². The normalized spacial score (nSPS) is 11.4. The smallest absolute Gasteiger partial charge is 0.196 e. The van der Waals surface area contributed by atoms with E-state index in [1.807, 2.05) is 0 Å². The predicted octanol–water partition coefficient (Wildman–Crippen LogP) is 8.83. The van der Waals surface area contributed by atoms with Crippen molar-refractivity contribution in [2.45, 2.75) is 0 Å². The molecule has 0 aromatic heterocycles. The molecule has 0 unspecified atom stereocenters. The molecule has 0 N–H and O–H groups in total. The molecule has 3 rings (SSSR count). The Kier molecular flexibility index (Phi) is 7.86. The van der Waals surface area contributed by atoms with E-state index in [9.17, 15) is 43.9 Å². The molecule has 0 aliphatic rings. The lowest BCUT2D eigenvalue weighted by Crippen LogP contribution is -2.11. The summed E-state index contributed by atoms with van der Waals surface area (Å²) in [5.41, 5.74) is -5.16. The minimum absolute atomic E-state index is 0.877. The van der Waals surface area contributed by atoms with Gasteiger partial charge in [0.15, 0.2) is 58.2 Å². The second-order valence-corrected chi connectivity index (χ2v) is 10.2. The number of halogens is 14. The molecule has 0 saturated carbocycles. The van der Waals surface area contributed by atoms with Gasteiger partial charge in [-0.05, 0) is 90.4 Å². The molecule has 0 atom stereocenters. The predicted molar refractivity (Wildman–Crippen MR) is 128 cm³/mol. The summed E-state index contributed by atoms with van der Waals surface area (Å²) in [6.45, 7) is 0. The molecule has 0 saturated heterocycles. The Labute approximate surface area is 226 Å². The van der Waals surface area contributed by atoms with Crippen molar-refractivity contribution >= 4 is 90.4 Å². The van der Waals surface area contributed by atoms with Crippen LogP contribution in [0.2, 0.25) is 0 Å². The molecule has 0 aliphatic heterocycles. The van der Waals surface area contributed by atoms with E-state index in [0.29, 0.717) is 0 Å². The highest BCUT2D eigenvalue weighted by atomic mass is 127. The number of rotatable bonds is 2. The molecule has 0 radical (unpaired) electrons. The standard InChI is InChI=1S/C18F10I4/c19-5-1(3-15(29)11(25)9(23)12(26)16(3)30)6(20)8(22)2(7(5)21)4-17(31)13(27)10(24)14(28)18(4)32. The molecule has 0 bridgehead atoms. The Morgan fingerprint density at radius 2 is 0.438 bits per heavy atom. The summed E-state index contributed by atoms with van der Waals surface area (Å²) in [6.07, 6.45) is 0. The van der Waals surface area contributed by atoms with Crippen LogP contribution in [-0.2, 0) is 0 Å². The fraction of sp³-hybridized carbons (Fsp3) is 0. The van der Waals surface area contributed by atoms with Crippen LogP contribution in [0.3, 0.4) is 0 Å². The topological polar surface area (TPSA) is 0 Å². The van der Waals surface area contributed by atoms with Crippen molar-refractivity contribution in [2.24, 2.45) is 0 Å². The van der Waals surface area contributed by atoms with Gasteiger partial charge in [-0.25, -0.2) is 43.9 Å². The first-order valence-electron chi connectivity index (χ1n) is 7.65. The summed E-state index contributed by atoms with van der Waals surface area (Å²) in [7, 11) is 0. The Balaban J connectivity index is 2.50. The third-order valence-electron chi connectivity index (χ3n) is 4.18. The lowest BCUT2D eigenvalue weighted by Gasteiger charge is -2.18. The van der Waals surface area contributed by atoms with Crippen molar-refractivity contribution in [3.63, 3.8) is 0 Å². The maximum Gasteiger partial charge on any atom is 0.196 e. The summed E-state index contributed by atoms with van der Waals surface area (Å²) in [5, 5.41) is 0. The highest BCUT2D eigenvalue weighted by Gasteiger charge is 2.35. The van der Waals surface area contributed by atoms with Crippen molar-refractivity contribution in [3.05, 3.63) is 72.5 Å². The second-order valence-electron chi connectivity index (χ2n) is 5.90. The van der Waals surface area contributed by atoms with Crippen LogP contribution in [0.1, 0.15) is 0 Å². The van der Waals surface area contributed by atoms with Gasteiger partial charge in [0.2, 0.25) is 0 Å². The van der Waals surface area contributed by atoms with Crippen LogP contribution in [0, 0.1) is 72.5 Å². The van der Waals surface area contributed by atoms with E-state index < -0.39 is 94.7 Å². The maximum atomic E-state index is 14.9. The minimum Gasteiger partial charge on any atom is -0.203 e. The molecule has 170 valence electrons. The van der Waals surface area contributed by atoms with Crippen LogP contribution in [0.5, 0.6) is 0 Å². The summed E-state index contributed by atoms with van der Waals surface area (Å²) in [6, 6.07) is 0. The summed E-state index contributed by atoms with van der Waals surface area (Å²) in [5.74, 6) is -20.0. The van der Waals surface area contributed by atoms with Crippen LogP contribution in [0.15, 0.2) is 0 Å². The number of hydrogen-bond acceptors (Lipinski definition) is 0. The van der Waals surface area contributed by atoms with E-state index >= 15 is 0 Å². The van der Waals surface area contributed by atoms with Gasteiger partial charge in [0, 0.05) is 11.1 Å². The van der Waals surface area contributed by atoms with E-state index in [4.69, 9.17) is 0 Å². The zero-order valence-electron chi connectivity index (χ0n) is 14.3. The minimum atomic E-state index is -2.17. The molecule has 0 aliphatic carbocycles. The summed E-state index contributed by atoms with van der Waals surface area (Å²) >= 11 is 4.27. The summed E-state index contributed by atoms with van der Waals surface area (Å²) < 4.78 is 139. The molecule has 0 spiro atoms. The highest BCUT2D eigenvalue weighted by molar-refractivity contribution is 14.1. The molecule has 0 nitrogen and oxygen atoms in total. The number of benzene rings is 3. The average Bonchev–Trinajstić information content (AvgIpc) is 2.76. The first-order valence-corrected chi connectivity index (χ1v) is 12.0. The van der Waals surface area contributed by atoms with E-state index in [1.54, 1.807) is 0 Å². The van der Waals surface area contributed by atoms with E-state index in [-0.39, 0.29) is 0 Å². The molecular formula is C18F10I4. The van der Waals surface area contributed by atoms with Gasteiger partial charge in [-0.3, -0.25) is 0 Å². The van der Waals surface area contributed by atoms with Gasteiger partial charge in [0.05, 0.1) is 25.4 Å². The molecule has 3 aromatic rings. The van der Waals surface area contributed by atoms with Crippen LogP contribution in [0.4, 0.5) is 43.9 Å². The maximum absolute atomic E-state index is 14.9. The lowest BCUT2D eigenvalue weighted by atomic mass is 9.96. The zero-order chi connectivity index (χ0) is 24.4. The molecule has 0 amide bonds. The van der Waals surface area contributed by atoms with Crippen LogP contribution >= 0.6 is 90.4 Å². The van der Waals surface area contributed by atoms with Crippen molar-refractivity contribution in [1.82, 2.24) is 0 Å². The molecular weight excluding hydrogens is 914 g/mol. The van der Waals surface area contributed by atoms with Crippen molar-refractivity contribution < 1.29 is 43.9 Å². The Morgan fingerprint density at radius 3 is 0.625 bits per heavy atom. The quantitative estimate of drug-likeness (QED) is 0.105. The van der Waals surface area contributed by atoms with Gasteiger partial charge < -0.3 is 0 Å². The molecule has 3 aromatic carbocycles. The molecule has 32 heavy (non-hydrogen) atoms.